The van der Waals surface area contributed by atoms with Crippen molar-refractivity contribution in [3.8, 4) is 0 Å². The second-order valence-corrected chi connectivity index (χ2v) is 8.56. The average molecular weight is 445 g/mol. The Morgan fingerprint density at radius 3 is 2.42 bits per heavy atom. The molecule has 2 heterocycles. The number of benzene rings is 2. The van der Waals surface area contributed by atoms with Gasteiger partial charge in [-0.2, -0.15) is 13.2 Å². The number of halogens is 3. The Morgan fingerprint density at radius 1 is 1.00 bits per heavy atom. The number of pyridine rings is 1. The molecule has 1 aliphatic rings. The number of hydrogen-bond acceptors (Lipinski definition) is 4. The van der Waals surface area contributed by atoms with Crippen molar-refractivity contribution < 1.29 is 17.9 Å². The first kappa shape index (κ1) is 21.9. The van der Waals surface area contributed by atoms with Gasteiger partial charge in [-0.1, -0.05) is 72.4 Å². The monoisotopic (exact) mass is 444 g/mol. The first-order valence-electron chi connectivity index (χ1n) is 10.1. The lowest BCUT2D eigenvalue weighted by Crippen LogP contribution is -2.44. The summed E-state index contributed by atoms with van der Waals surface area (Å²) in [6, 6.07) is 22.1. The quantitative estimate of drug-likeness (QED) is 0.447. The topological polar surface area (TPSA) is 25.4 Å². The second-order valence-electron chi connectivity index (χ2n) is 7.43. The van der Waals surface area contributed by atoms with Crippen molar-refractivity contribution in [2.24, 2.45) is 0 Å². The van der Waals surface area contributed by atoms with Crippen LogP contribution in [-0.4, -0.2) is 35.7 Å². The van der Waals surface area contributed by atoms with Crippen LogP contribution in [0.25, 0.3) is 0 Å². The van der Waals surface area contributed by atoms with Gasteiger partial charge < -0.3 is 4.74 Å². The Morgan fingerprint density at radius 2 is 1.71 bits per heavy atom. The largest absolute Gasteiger partial charge is 0.419 e. The molecule has 1 saturated heterocycles. The molecule has 0 spiro atoms. The van der Waals surface area contributed by atoms with Crippen LogP contribution in [0, 0.1) is 0 Å². The van der Waals surface area contributed by atoms with E-state index in [-0.39, 0.29) is 16.4 Å². The Balaban J connectivity index is 1.59. The van der Waals surface area contributed by atoms with Crippen LogP contribution in [-0.2, 0) is 17.5 Å². The van der Waals surface area contributed by atoms with Gasteiger partial charge in [0.15, 0.2) is 0 Å². The lowest BCUT2D eigenvalue weighted by Gasteiger charge is -2.37. The first-order chi connectivity index (χ1) is 15.0. The summed E-state index contributed by atoms with van der Waals surface area (Å²) in [4.78, 5) is 6.36. The molecule has 0 amide bonds. The van der Waals surface area contributed by atoms with Crippen LogP contribution < -0.4 is 0 Å². The maximum Gasteiger partial charge on any atom is 0.419 e. The molecule has 0 radical (unpaired) electrons. The predicted molar refractivity (Wildman–Crippen MR) is 116 cm³/mol. The van der Waals surface area contributed by atoms with Gasteiger partial charge >= 0.3 is 6.18 Å². The van der Waals surface area contributed by atoms with E-state index in [4.69, 9.17) is 4.74 Å². The summed E-state index contributed by atoms with van der Waals surface area (Å²) in [5, 5.41) is -0.330. The van der Waals surface area contributed by atoms with E-state index in [0.717, 1.165) is 36.5 Å². The number of rotatable bonds is 6. The number of ether oxygens (including phenoxy) is 1. The molecular formula is C24H23F3N2OS. The Labute approximate surface area is 184 Å². The summed E-state index contributed by atoms with van der Waals surface area (Å²) >= 11 is 1.13. The van der Waals surface area contributed by atoms with E-state index in [1.54, 1.807) is 0 Å². The van der Waals surface area contributed by atoms with Crippen molar-refractivity contribution in [3.63, 3.8) is 0 Å². The summed E-state index contributed by atoms with van der Waals surface area (Å²) in [5.41, 5.74) is 1.42. The van der Waals surface area contributed by atoms with E-state index in [9.17, 15) is 13.2 Å². The molecule has 4 rings (SSSR count). The van der Waals surface area contributed by atoms with Crippen molar-refractivity contribution in [1.82, 2.24) is 9.88 Å². The van der Waals surface area contributed by atoms with Crippen LogP contribution >= 0.6 is 11.8 Å². The van der Waals surface area contributed by atoms with Crippen LogP contribution in [0.2, 0.25) is 0 Å². The molecule has 1 aromatic heterocycles. The molecule has 0 saturated carbocycles. The highest BCUT2D eigenvalue weighted by atomic mass is 32.2. The van der Waals surface area contributed by atoms with Gasteiger partial charge in [-0.05, 0) is 23.3 Å². The third kappa shape index (κ3) is 5.67. The van der Waals surface area contributed by atoms with Crippen molar-refractivity contribution in [2.75, 3.05) is 19.7 Å². The van der Waals surface area contributed by atoms with E-state index >= 15 is 0 Å². The fourth-order valence-electron chi connectivity index (χ4n) is 3.72. The van der Waals surface area contributed by atoms with Gasteiger partial charge in [-0.3, -0.25) is 4.90 Å². The zero-order valence-corrected chi connectivity index (χ0v) is 17.6. The van der Waals surface area contributed by atoms with Gasteiger partial charge in [0.05, 0.1) is 23.5 Å². The fourth-order valence-corrected chi connectivity index (χ4v) is 5.00. The number of hydrogen-bond donors (Lipinski definition) is 0. The van der Waals surface area contributed by atoms with Crippen molar-refractivity contribution >= 4 is 11.8 Å². The first-order valence-corrected chi connectivity index (χ1v) is 11.0. The third-order valence-electron chi connectivity index (χ3n) is 5.21. The lowest BCUT2D eigenvalue weighted by atomic mass is 10.1. The normalized spacial score (nSPS) is 18.6. The molecule has 1 fully saturated rings. The standard InChI is InChI=1S/C24H23F3N2OS/c25-24(26,27)20-12-7-13-28-23(20)31-22(19-10-5-2-6-11-19)21-17-29(14-15-30-21)16-18-8-3-1-4-9-18/h1-13,21-22H,14-17H2/t21-,22?/m0/s1. The number of alkyl halides is 3. The molecule has 3 nitrogen and oxygen atoms in total. The molecule has 1 unspecified atom stereocenters. The minimum absolute atomic E-state index is 0.0207. The second kappa shape index (κ2) is 9.85. The lowest BCUT2D eigenvalue weighted by molar-refractivity contribution is -0.140. The van der Waals surface area contributed by atoms with Crippen LogP contribution in [0.15, 0.2) is 84.0 Å². The summed E-state index contributed by atoms with van der Waals surface area (Å²) in [7, 11) is 0. The van der Waals surface area contributed by atoms with Crippen LogP contribution in [0.5, 0.6) is 0 Å². The van der Waals surface area contributed by atoms with E-state index in [1.807, 2.05) is 48.5 Å². The molecule has 0 N–H and O–H groups in total. The summed E-state index contributed by atoms with van der Waals surface area (Å²) < 4.78 is 46.8. The molecule has 1 aliphatic heterocycles. The molecule has 0 aliphatic carbocycles. The maximum absolute atomic E-state index is 13.6. The summed E-state index contributed by atoms with van der Waals surface area (Å²) in [6.07, 6.45) is -3.30. The van der Waals surface area contributed by atoms with Crippen molar-refractivity contribution in [2.45, 2.75) is 29.1 Å². The van der Waals surface area contributed by atoms with Crippen molar-refractivity contribution in [3.05, 3.63) is 95.7 Å². The van der Waals surface area contributed by atoms with Gasteiger partial charge in [0, 0.05) is 25.8 Å². The number of morpholine rings is 1. The summed E-state index contributed by atoms with van der Waals surface area (Å²) in [6.45, 7) is 2.74. The SMILES string of the molecule is FC(F)(F)c1cccnc1SC(c1ccccc1)[C@@H]1CN(Cc2ccccc2)CCO1. The maximum atomic E-state index is 13.6. The fraction of sp³-hybridized carbons (Fsp3) is 0.292. The highest BCUT2D eigenvalue weighted by Gasteiger charge is 2.37. The van der Waals surface area contributed by atoms with Gasteiger partial charge in [-0.15, -0.1) is 0 Å². The average Bonchev–Trinajstić information content (AvgIpc) is 2.78. The van der Waals surface area contributed by atoms with Crippen LogP contribution in [0.1, 0.15) is 21.9 Å². The van der Waals surface area contributed by atoms with E-state index in [2.05, 4.69) is 22.0 Å². The zero-order chi connectivity index (χ0) is 21.7. The van der Waals surface area contributed by atoms with Crippen LogP contribution in [0.3, 0.4) is 0 Å². The molecule has 3 aromatic rings. The number of aromatic nitrogens is 1. The molecule has 162 valence electrons. The summed E-state index contributed by atoms with van der Waals surface area (Å²) in [5.74, 6) is 0. The van der Waals surface area contributed by atoms with E-state index in [0.29, 0.717) is 13.2 Å². The van der Waals surface area contributed by atoms with Crippen LogP contribution in [0.4, 0.5) is 13.2 Å². The Kier molecular flexibility index (Phi) is 6.95. The molecule has 7 heteroatoms. The zero-order valence-electron chi connectivity index (χ0n) is 16.8. The Bertz CT molecular complexity index is 969. The minimum atomic E-state index is -4.45. The van der Waals surface area contributed by atoms with Gasteiger partial charge in [0.2, 0.25) is 0 Å². The number of thioether (sulfide) groups is 1. The van der Waals surface area contributed by atoms with E-state index in [1.165, 1.54) is 17.8 Å². The minimum Gasteiger partial charge on any atom is -0.374 e. The Hall–Kier alpha value is -2.35. The molecule has 2 atom stereocenters. The van der Waals surface area contributed by atoms with Gasteiger partial charge in [0.25, 0.3) is 0 Å². The molecule has 31 heavy (non-hydrogen) atoms. The smallest absolute Gasteiger partial charge is 0.374 e. The van der Waals surface area contributed by atoms with Gasteiger partial charge in [0.1, 0.15) is 5.03 Å². The predicted octanol–water partition coefficient (Wildman–Crippen LogP) is 5.83. The molecule has 0 bridgehead atoms. The van der Waals surface area contributed by atoms with Crippen molar-refractivity contribution in [1.29, 1.82) is 0 Å². The third-order valence-corrected chi connectivity index (χ3v) is 6.59. The van der Waals surface area contributed by atoms with E-state index < -0.39 is 11.7 Å². The highest BCUT2D eigenvalue weighted by molar-refractivity contribution is 7.99. The highest BCUT2D eigenvalue weighted by Crippen LogP contribution is 2.44. The van der Waals surface area contributed by atoms with Gasteiger partial charge in [-0.25, -0.2) is 4.98 Å². The number of nitrogens with zero attached hydrogens (tertiary/aromatic N) is 2. The molecule has 2 aromatic carbocycles. The molecular weight excluding hydrogens is 421 g/mol.